The van der Waals surface area contributed by atoms with E-state index in [4.69, 9.17) is 0 Å². The Balaban J connectivity index is 1.52. The second-order valence-electron chi connectivity index (χ2n) is 6.52. The topological polar surface area (TPSA) is 84.3 Å². The Morgan fingerprint density at radius 1 is 1.19 bits per heavy atom. The molecule has 1 fully saturated rings. The van der Waals surface area contributed by atoms with E-state index in [-0.39, 0.29) is 10.8 Å². The van der Waals surface area contributed by atoms with E-state index in [0.717, 1.165) is 31.2 Å². The molecule has 26 heavy (non-hydrogen) atoms. The predicted octanol–water partition coefficient (Wildman–Crippen LogP) is 1.57. The van der Waals surface area contributed by atoms with Crippen LogP contribution in [0.15, 0.2) is 41.6 Å². The monoisotopic (exact) mass is 376 g/mol. The summed E-state index contributed by atoms with van der Waals surface area (Å²) in [6.07, 6.45) is 7.25. The largest absolute Gasteiger partial charge is 0.352 e. The summed E-state index contributed by atoms with van der Waals surface area (Å²) in [5.74, 6) is -0.193. The van der Waals surface area contributed by atoms with Gasteiger partial charge in [-0.3, -0.25) is 9.48 Å². The SMILES string of the molecule is Cn1cc(CCCNC(=O)c2ccc(S(=O)(=O)N3CCCC3)cc2)cn1. The Bertz CT molecular complexity index is 853. The Morgan fingerprint density at radius 3 is 2.50 bits per heavy atom. The number of aryl methyl sites for hydroxylation is 2. The molecule has 1 aliphatic heterocycles. The van der Waals surface area contributed by atoms with Crippen molar-refractivity contribution in [1.82, 2.24) is 19.4 Å². The molecule has 0 aliphatic carbocycles. The molecule has 0 radical (unpaired) electrons. The number of benzene rings is 1. The van der Waals surface area contributed by atoms with Gasteiger partial charge in [0.25, 0.3) is 5.91 Å². The summed E-state index contributed by atoms with van der Waals surface area (Å²) in [6, 6.07) is 6.16. The van der Waals surface area contributed by atoms with E-state index in [0.29, 0.717) is 25.2 Å². The summed E-state index contributed by atoms with van der Waals surface area (Å²) in [6.45, 7) is 1.70. The number of hydrogen-bond donors (Lipinski definition) is 1. The fraction of sp³-hybridized carbons (Fsp3) is 0.444. The second kappa shape index (κ2) is 8.01. The molecule has 8 heteroatoms. The van der Waals surface area contributed by atoms with E-state index in [9.17, 15) is 13.2 Å². The maximum Gasteiger partial charge on any atom is 0.251 e. The van der Waals surface area contributed by atoms with Crippen molar-refractivity contribution in [3.8, 4) is 0 Å². The first-order valence-electron chi connectivity index (χ1n) is 8.83. The zero-order chi connectivity index (χ0) is 18.6. The molecule has 1 aromatic carbocycles. The highest BCUT2D eigenvalue weighted by atomic mass is 32.2. The van der Waals surface area contributed by atoms with Crippen LogP contribution in [0.5, 0.6) is 0 Å². The molecule has 0 unspecified atom stereocenters. The van der Waals surface area contributed by atoms with E-state index in [1.807, 2.05) is 19.4 Å². The number of rotatable bonds is 7. The minimum Gasteiger partial charge on any atom is -0.352 e. The molecule has 0 atom stereocenters. The summed E-state index contributed by atoms with van der Waals surface area (Å²) in [5.41, 5.74) is 1.60. The number of sulfonamides is 1. The summed E-state index contributed by atoms with van der Waals surface area (Å²) < 4.78 is 28.2. The number of amides is 1. The molecule has 3 rings (SSSR count). The number of nitrogens with zero attached hydrogens (tertiary/aromatic N) is 3. The fourth-order valence-corrected chi connectivity index (χ4v) is 4.57. The summed E-state index contributed by atoms with van der Waals surface area (Å²) in [5, 5.41) is 6.97. The molecule has 140 valence electrons. The third-order valence-electron chi connectivity index (χ3n) is 4.51. The van der Waals surface area contributed by atoms with Crippen molar-refractivity contribution in [2.45, 2.75) is 30.6 Å². The summed E-state index contributed by atoms with van der Waals surface area (Å²) in [4.78, 5) is 12.4. The van der Waals surface area contributed by atoms with Gasteiger partial charge in [0.2, 0.25) is 10.0 Å². The maximum absolute atomic E-state index is 12.5. The third-order valence-corrected chi connectivity index (χ3v) is 6.42. The van der Waals surface area contributed by atoms with E-state index >= 15 is 0 Å². The molecule has 0 spiro atoms. The zero-order valence-corrected chi connectivity index (χ0v) is 15.7. The van der Waals surface area contributed by atoms with E-state index < -0.39 is 10.0 Å². The van der Waals surface area contributed by atoms with Crippen molar-refractivity contribution < 1.29 is 13.2 Å². The highest BCUT2D eigenvalue weighted by Gasteiger charge is 2.27. The molecule has 7 nitrogen and oxygen atoms in total. The summed E-state index contributed by atoms with van der Waals surface area (Å²) in [7, 11) is -1.56. The Kier molecular flexibility index (Phi) is 5.73. The average molecular weight is 376 g/mol. The molecule has 0 saturated carbocycles. The molecule has 2 aromatic rings. The quantitative estimate of drug-likeness (QED) is 0.744. The van der Waals surface area contributed by atoms with Gasteiger partial charge in [0.1, 0.15) is 0 Å². The standard InChI is InChI=1S/C18H24N4O3S/c1-21-14-15(13-20-21)5-4-10-19-18(23)16-6-8-17(9-7-16)26(24,25)22-11-2-3-12-22/h6-9,13-14H,2-5,10-12H2,1H3,(H,19,23). The molecule has 2 heterocycles. The fourth-order valence-electron chi connectivity index (χ4n) is 3.05. The van der Waals surface area contributed by atoms with Crippen LogP contribution in [0.3, 0.4) is 0 Å². The van der Waals surface area contributed by atoms with Crippen molar-refractivity contribution in [1.29, 1.82) is 0 Å². The Morgan fingerprint density at radius 2 is 1.88 bits per heavy atom. The summed E-state index contributed by atoms with van der Waals surface area (Å²) >= 11 is 0. The zero-order valence-electron chi connectivity index (χ0n) is 14.9. The van der Waals surface area contributed by atoms with Gasteiger partial charge < -0.3 is 5.32 Å². The lowest BCUT2D eigenvalue weighted by atomic mass is 10.2. The Labute approximate surface area is 154 Å². The maximum atomic E-state index is 12.5. The van der Waals surface area contributed by atoms with Crippen LogP contribution in [-0.2, 0) is 23.5 Å². The molecular formula is C18H24N4O3S. The highest BCUT2D eigenvalue weighted by molar-refractivity contribution is 7.89. The van der Waals surface area contributed by atoms with Crippen LogP contribution >= 0.6 is 0 Å². The number of carbonyl (C=O) groups excluding carboxylic acids is 1. The number of hydrogen-bond acceptors (Lipinski definition) is 4. The van der Waals surface area contributed by atoms with Gasteiger partial charge in [-0.2, -0.15) is 9.40 Å². The van der Waals surface area contributed by atoms with E-state index in [1.54, 1.807) is 16.8 Å². The lowest BCUT2D eigenvalue weighted by molar-refractivity contribution is 0.0953. The van der Waals surface area contributed by atoms with Crippen molar-refractivity contribution >= 4 is 15.9 Å². The van der Waals surface area contributed by atoms with Crippen LogP contribution in [-0.4, -0.2) is 48.0 Å². The predicted molar refractivity (Wildman–Crippen MR) is 98.3 cm³/mol. The van der Waals surface area contributed by atoms with Crippen LogP contribution in [0, 0.1) is 0 Å². The van der Waals surface area contributed by atoms with Crippen LogP contribution in [0.2, 0.25) is 0 Å². The second-order valence-corrected chi connectivity index (χ2v) is 8.46. The number of aromatic nitrogens is 2. The number of carbonyl (C=O) groups is 1. The molecular weight excluding hydrogens is 352 g/mol. The van der Waals surface area contributed by atoms with E-state index in [2.05, 4.69) is 10.4 Å². The van der Waals surface area contributed by atoms with Gasteiger partial charge in [0.15, 0.2) is 0 Å². The lowest BCUT2D eigenvalue weighted by Gasteiger charge is -2.15. The van der Waals surface area contributed by atoms with Gasteiger partial charge in [0, 0.05) is 38.4 Å². The average Bonchev–Trinajstić information content (AvgIpc) is 3.31. The van der Waals surface area contributed by atoms with Crippen molar-refractivity contribution in [2.75, 3.05) is 19.6 Å². The van der Waals surface area contributed by atoms with Gasteiger partial charge >= 0.3 is 0 Å². The normalized spacial score (nSPS) is 15.3. The highest BCUT2D eigenvalue weighted by Crippen LogP contribution is 2.21. The molecule has 1 aromatic heterocycles. The van der Waals surface area contributed by atoms with Crippen molar-refractivity contribution in [3.05, 3.63) is 47.8 Å². The first kappa shape index (κ1) is 18.6. The van der Waals surface area contributed by atoms with Gasteiger partial charge in [-0.15, -0.1) is 0 Å². The smallest absolute Gasteiger partial charge is 0.251 e. The number of nitrogens with one attached hydrogen (secondary N) is 1. The minimum atomic E-state index is -3.44. The van der Waals surface area contributed by atoms with Crippen LogP contribution < -0.4 is 5.32 Å². The molecule has 1 N–H and O–H groups in total. The molecule has 0 bridgehead atoms. The minimum absolute atomic E-state index is 0.193. The van der Waals surface area contributed by atoms with Crippen LogP contribution in [0.25, 0.3) is 0 Å². The van der Waals surface area contributed by atoms with Crippen molar-refractivity contribution in [3.63, 3.8) is 0 Å². The van der Waals surface area contributed by atoms with Crippen LogP contribution in [0.4, 0.5) is 0 Å². The third kappa shape index (κ3) is 4.31. The lowest BCUT2D eigenvalue weighted by Crippen LogP contribution is -2.28. The first-order chi connectivity index (χ1) is 12.5. The Hall–Kier alpha value is -2.19. The van der Waals surface area contributed by atoms with Gasteiger partial charge in [-0.25, -0.2) is 8.42 Å². The first-order valence-corrected chi connectivity index (χ1v) is 10.3. The van der Waals surface area contributed by atoms with Gasteiger partial charge in [-0.05, 0) is 55.5 Å². The van der Waals surface area contributed by atoms with Gasteiger partial charge in [0.05, 0.1) is 11.1 Å². The molecule has 1 amide bonds. The molecule has 1 saturated heterocycles. The molecule has 1 aliphatic rings. The van der Waals surface area contributed by atoms with Gasteiger partial charge in [-0.1, -0.05) is 0 Å². The van der Waals surface area contributed by atoms with Crippen LogP contribution in [0.1, 0.15) is 35.2 Å². The van der Waals surface area contributed by atoms with Crippen molar-refractivity contribution in [2.24, 2.45) is 7.05 Å². The van der Waals surface area contributed by atoms with E-state index in [1.165, 1.54) is 16.4 Å².